The Hall–Kier alpha value is -1.48. The van der Waals surface area contributed by atoms with Crippen LogP contribution < -0.4 is 0 Å². The zero-order chi connectivity index (χ0) is 10.8. The first-order valence-corrected chi connectivity index (χ1v) is 4.98. The molecule has 3 nitrogen and oxygen atoms in total. The number of halogens is 1. The van der Waals surface area contributed by atoms with E-state index in [1.165, 1.54) is 0 Å². The molecule has 0 aliphatic carbocycles. The third-order valence-corrected chi connectivity index (χ3v) is 2.18. The predicted octanol–water partition coefficient (Wildman–Crippen LogP) is 2.81. The van der Waals surface area contributed by atoms with Crippen LogP contribution in [0.25, 0.3) is 11.4 Å². The second-order valence-electron chi connectivity index (χ2n) is 3.26. The minimum atomic E-state index is 0.669. The molecule has 1 heterocycles. The van der Waals surface area contributed by atoms with Crippen molar-refractivity contribution >= 4 is 11.6 Å². The highest BCUT2D eigenvalue weighted by atomic mass is 35.5. The first-order valence-electron chi connectivity index (χ1n) is 4.60. The summed E-state index contributed by atoms with van der Waals surface area (Å²) in [6.45, 7) is 3.70. The fourth-order valence-corrected chi connectivity index (χ4v) is 1.56. The molecule has 76 valence electrons. The predicted molar refractivity (Wildman–Crippen MR) is 59.7 cm³/mol. The maximum absolute atomic E-state index is 5.90. The maximum Gasteiger partial charge on any atom is 0.163 e. The van der Waals surface area contributed by atoms with Gasteiger partial charge < -0.3 is 0 Å². The van der Waals surface area contributed by atoms with Gasteiger partial charge in [-0.25, -0.2) is 15.0 Å². The molecule has 4 heteroatoms. The first-order chi connectivity index (χ1) is 7.15. The van der Waals surface area contributed by atoms with Crippen LogP contribution in [0.5, 0.6) is 0 Å². The number of rotatable bonds is 1. The van der Waals surface area contributed by atoms with Crippen LogP contribution in [0.4, 0.5) is 0 Å². The van der Waals surface area contributed by atoms with E-state index < -0.39 is 0 Å². The Morgan fingerprint density at radius 1 is 1.00 bits per heavy atom. The monoisotopic (exact) mass is 219 g/mol. The van der Waals surface area contributed by atoms with E-state index in [9.17, 15) is 0 Å². The second kappa shape index (κ2) is 3.95. The fourth-order valence-electron chi connectivity index (χ4n) is 1.37. The lowest BCUT2D eigenvalue weighted by atomic mass is 10.2. The molecule has 0 saturated heterocycles. The van der Waals surface area contributed by atoms with Crippen LogP contribution in [0, 0.1) is 13.8 Å². The SMILES string of the molecule is Cc1nc(C)nc(-c2cccc(Cl)c2)n1. The molecule has 0 amide bonds. The number of nitrogens with zero attached hydrogens (tertiary/aromatic N) is 3. The Balaban J connectivity index is 2.54. The lowest BCUT2D eigenvalue weighted by Crippen LogP contribution is -1.98. The normalized spacial score (nSPS) is 10.3. The number of hydrogen-bond donors (Lipinski definition) is 0. The zero-order valence-corrected chi connectivity index (χ0v) is 9.28. The highest BCUT2D eigenvalue weighted by Crippen LogP contribution is 2.19. The van der Waals surface area contributed by atoms with Crippen LogP contribution in [-0.2, 0) is 0 Å². The third kappa shape index (κ3) is 2.30. The Bertz CT molecular complexity index is 477. The van der Waals surface area contributed by atoms with Crippen molar-refractivity contribution < 1.29 is 0 Å². The smallest absolute Gasteiger partial charge is 0.163 e. The van der Waals surface area contributed by atoms with Crippen molar-refractivity contribution in [2.75, 3.05) is 0 Å². The van der Waals surface area contributed by atoms with Gasteiger partial charge in [0.25, 0.3) is 0 Å². The van der Waals surface area contributed by atoms with Crippen LogP contribution in [-0.4, -0.2) is 15.0 Å². The molecular formula is C11H10ClN3. The van der Waals surface area contributed by atoms with Crippen LogP contribution >= 0.6 is 11.6 Å². The molecule has 0 fully saturated rings. The number of aryl methyl sites for hydroxylation is 2. The highest BCUT2D eigenvalue weighted by Gasteiger charge is 2.03. The van der Waals surface area contributed by atoms with E-state index in [1.807, 2.05) is 38.1 Å². The van der Waals surface area contributed by atoms with Gasteiger partial charge in [0.15, 0.2) is 5.82 Å². The summed E-state index contributed by atoms with van der Waals surface area (Å²) in [6, 6.07) is 7.48. The fraction of sp³-hybridized carbons (Fsp3) is 0.182. The van der Waals surface area contributed by atoms with Gasteiger partial charge in [0.05, 0.1) is 0 Å². The largest absolute Gasteiger partial charge is 0.219 e. The van der Waals surface area contributed by atoms with Crippen LogP contribution in [0.1, 0.15) is 11.6 Å². The minimum Gasteiger partial charge on any atom is -0.219 e. The second-order valence-corrected chi connectivity index (χ2v) is 3.70. The van der Waals surface area contributed by atoms with E-state index in [0.717, 1.165) is 17.2 Å². The Labute approximate surface area is 93.2 Å². The summed E-state index contributed by atoms with van der Waals surface area (Å²) in [4.78, 5) is 12.7. The van der Waals surface area contributed by atoms with Crippen LogP contribution in [0.2, 0.25) is 5.02 Å². The van der Waals surface area contributed by atoms with Crippen molar-refractivity contribution in [1.29, 1.82) is 0 Å². The van der Waals surface area contributed by atoms with Crippen molar-refractivity contribution in [2.24, 2.45) is 0 Å². The molecule has 0 radical (unpaired) electrons. The van der Waals surface area contributed by atoms with E-state index in [2.05, 4.69) is 15.0 Å². The summed E-state index contributed by atoms with van der Waals surface area (Å²) in [5.41, 5.74) is 0.913. The van der Waals surface area contributed by atoms with Crippen molar-refractivity contribution in [3.63, 3.8) is 0 Å². The van der Waals surface area contributed by atoms with Gasteiger partial charge in [0.2, 0.25) is 0 Å². The summed E-state index contributed by atoms with van der Waals surface area (Å²) in [6.07, 6.45) is 0. The van der Waals surface area contributed by atoms with Gasteiger partial charge in [0.1, 0.15) is 11.6 Å². The average Bonchev–Trinajstić information content (AvgIpc) is 2.16. The summed E-state index contributed by atoms with van der Waals surface area (Å²) in [7, 11) is 0. The molecule has 15 heavy (non-hydrogen) atoms. The summed E-state index contributed by atoms with van der Waals surface area (Å²) in [5, 5.41) is 0.684. The van der Waals surface area contributed by atoms with Crippen molar-refractivity contribution in [1.82, 2.24) is 15.0 Å². The Kier molecular flexibility index (Phi) is 2.64. The van der Waals surface area contributed by atoms with Crippen LogP contribution in [0.15, 0.2) is 24.3 Å². The van der Waals surface area contributed by atoms with E-state index in [1.54, 1.807) is 0 Å². The molecule has 0 spiro atoms. The standard InChI is InChI=1S/C11H10ClN3/c1-7-13-8(2)15-11(14-7)9-4-3-5-10(12)6-9/h3-6H,1-2H3. The summed E-state index contributed by atoms with van der Waals surface area (Å²) >= 11 is 5.90. The minimum absolute atomic E-state index is 0.669. The van der Waals surface area contributed by atoms with Crippen molar-refractivity contribution in [3.8, 4) is 11.4 Å². The lowest BCUT2D eigenvalue weighted by molar-refractivity contribution is 0.928. The third-order valence-electron chi connectivity index (χ3n) is 1.94. The van der Waals surface area contributed by atoms with Gasteiger partial charge in [-0.3, -0.25) is 0 Å². The van der Waals surface area contributed by atoms with Gasteiger partial charge in [-0.1, -0.05) is 23.7 Å². The first kappa shape index (κ1) is 10.1. The van der Waals surface area contributed by atoms with Gasteiger partial charge in [0, 0.05) is 10.6 Å². The maximum atomic E-state index is 5.90. The number of aromatic nitrogens is 3. The quantitative estimate of drug-likeness (QED) is 0.740. The lowest BCUT2D eigenvalue weighted by Gasteiger charge is -2.02. The molecule has 0 unspecified atom stereocenters. The molecular weight excluding hydrogens is 210 g/mol. The molecule has 0 aliphatic rings. The topological polar surface area (TPSA) is 38.7 Å². The molecule has 0 aliphatic heterocycles. The molecule has 1 aromatic heterocycles. The molecule has 0 bridgehead atoms. The van der Waals surface area contributed by atoms with Crippen molar-refractivity contribution in [2.45, 2.75) is 13.8 Å². The highest BCUT2D eigenvalue weighted by molar-refractivity contribution is 6.30. The van der Waals surface area contributed by atoms with E-state index >= 15 is 0 Å². The number of hydrogen-bond acceptors (Lipinski definition) is 3. The van der Waals surface area contributed by atoms with Gasteiger partial charge in [-0.2, -0.15) is 0 Å². The number of benzene rings is 1. The summed E-state index contributed by atoms with van der Waals surface area (Å²) < 4.78 is 0. The Morgan fingerprint density at radius 2 is 1.67 bits per heavy atom. The van der Waals surface area contributed by atoms with Gasteiger partial charge >= 0.3 is 0 Å². The molecule has 1 aromatic carbocycles. The molecule has 0 saturated carbocycles. The summed E-state index contributed by atoms with van der Waals surface area (Å²) in [5.74, 6) is 2.11. The molecule has 0 atom stereocenters. The molecule has 2 rings (SSSR count). The van der Waals surface area contributed by atoms with E-state index in [-0.39, 0.29) is 0 Å². The van der Waals surface area contributed by atoms with Crippen molar-refractivity contribution in [3.05, 3.63) is 40.9 Å². The van der Waals surface area contributed by atoms with Crippen LogP contribution in [0.3, 0.4) is 0 Å². The van der Waals surface area contributed by atoms with E-state index in [4.69, 9.17) is 11.6 Å². The van der Waals surface area contributed by atoms with E-state index in [0.29, 0.717) is 10.8 Å². The Morgan fingerprint density at radius 3 is 2.27 bits per heavy atom. The molecule has 0 N–H and O–H groups in total. The average molecular weight is 220 g/mol. The van der Waals surface area contributed by atoms with Gasteiger partial charge in [-0.05, 0) is 26.0 Å². The van der Waals surface area contributed by atoms with Gasteiger partial charge in [-0.15, -0.1) is 0 Å². The molecule has 2 aromatic rings. The zero-order valence-electron chi connectivity index (χ0n) is 8.53.